The zero-order valence-corrected chi connectivity index (χ0v) is 15.6. The van der Waals surface area contributed by atoms with E-state index in [-0.39, 0.29) is 144 Å². The second-order valence-corrected chi connectivity index (χ2v) is 0. The van der Waals surface area contributed by atoms with Crippen LogP contribution in [-0.4, -0.2) is 0 Å². The molecule has 0 aliphatic heterocycles. The molecular formula is N4Th3. The molecule has 0 radical (unpaired) electrons. The van der Waals surface area contributed by atoms with Crippen LogP contribution in [0.2, 0.25) is 0 Å². The van der Waals surface area contributed by atoms with E-state index in [1.54, 1.807) is 0 Å². The maximum absolute atomic E-state index is 0. The van der Waals surface area contributed by atoms with Gasteiger partial charge in [0, 0.05) is 0 Å². The normalized spacial score (nSPS) is 0. The fourth-order valence-corrected chi connectivity index (χ4v) is 0. The van der Waals surface area contributed by atoms with Crippen molar-refractivity contribution < 1.29 is 120 Å². The van der Waals surface area contributed by atoms with E-state index in [1.165, 1.54) is 0 Å². The zero-order chi connectivity index (χ0) is 0. The third kappa shape index (κ3) is 41.2. The van der Waals surface area contributed by atoms with Gasteiger partial charge in [-0.15, -0.1) is 0 Å². The molecule has 0 heterocycles. The summed E-state index contributed by atoms with van der Waals surface area (Å²) in [4.78, 5) is 0. The first kappa shape index (κ1) is 71.6. The van der Waals surface area contributed by atoms with Crippen LogP contribution in [0.25, 0.3) is 24.6 Å². The van der Waals surface area contributed by atoms with Gasteiger partial charge in [0.1, 0.15) is 0 Å². The van der Waals surface area contributed by atoms with Crippen molar-refractivity contribution in [3.05, 3.63) is 24.6 Å². The first-order valence-corrected chi connectivity index (χ1v) is 0. The fraction of sp³-hybridized carbons (Fsp3) is 0. The van der Waals surface area contributed by atoms with Crippen LogP contribution in [0.1, 0.15) is 0 Å². The van der Waals surface area contributed by atoms with Crippen LogP contribution in [0, 0.1) is 120 Å². The van der Waals surface area contributed by atoms with Crippen LogP contribution < -0.4 is 0 Å². The summed E-state index contributed by atoms with van der Waals surface area (Å²) < 4.78 is 0. The summed E-state index contributed by atoms with van der Waals surface area (Å²) in [5.41, 5.74) is 0. The van der Waals surface area contributed by atoms with E-state index in [2.05, 4.69) is 0 Å². The maximum atomic E-state index is 0. The van der Waals surface area contributed by atoms with E-state index in [4.69, 9.17) is 0 Å². The van der Waals surface area contributed by atoms with Gasteiger partial charge in [-0.2, -0.15) is 0 Å². The molecule has 0 aromatic rings. The molecule has 0 fully saturated rings. The summed E-state index contributed by atoms with van der Waals surface area (Å²) in [6.07, 6.45) is 0. The Balaban J connectivity index is 0. The van der Waals surface area contributed by atoms with Crippen molar-refractivity contribution in [2.75, 3.05) is 0 Å². The SMILES string of the molecule is [N-3].[N-3].[N-3].[N-3].[Th+4].[Th+4].[Th+4]. The largest absolute Gasteiger partial charge is 4.00 e. The van der Waals surface area contributed by atoms with Gasteiger partial charge < -0.3 is 24.6 Å². The summed E-state index contributed by atoms with van der Waals surface area (Å²) in [5.74, 6) is 0. The Kier molecular flexibility index (Phi) is 536. The molecule has 4 nitrogen and oxygen atoms in total. The van der Waals surface area contributed by atoms with Crippen LogP contribution in [0.5, 0.6) is 0 Å². The van der Waals surface area contributed by atoms with Gasteiger partial charge in [0.15, 0.2) is 0 Å². The first-order chi connectivity index (χ1) is 0. The number of rotatable bonds is 0. The van der Waals surface area contributed by atoms with Crippen molar-refractivity contribution in [2.24, 2.45) is 0 Å². The summed E-state index contributed by atoms with van der Waals surface area (Å²) >= 11 is 0. The molecule has 7 heteroatoms. The molecule has 0 aliphatic carbocycles. The molecule has 7 heavy (non-hydrogen) atoms. The predicted molar refractivity (Wildman–Crippen MR) is 13.4 cm³/mol. The average Bonchev–Trinajstić information content (AvgIpc) is 0. The second-order valence-electron chi connectivity index (χ2n) is 0. The quantitative estimate of drug-likeness (QED) is 0.353. The summed E-state index contributed by atoms with van der Waals surface area (Å²) in [6, 6.07) is 0. The molecule has 0 N–H and O–H groups in total. The minimum Gasteiger partial charge on any atom is -3.00 e. The molecule has 0 saturated carbocycles. The monoisotopic (exact) mass is 752 g/mol. The Morgan fingerprint density at radius 1 is 0.286 bits per heavy atom. The molecule has 0 bridgehead atoms. The molecule has 0 saturated heterocycles. The van der Waals surface area contributed by atoms with E-state index < -0.39 is 0 Å². The predicted octanol–water partition coefficient (Wildman–Crippen LogP) is 1.15. The van der Waals surface area contributed by atoms with Crippen LogP contribution in [0.4, 0.5) is 0 Å². The number of nitrogens with zero attached hydrogens (tertiary/aromatic N) is 4. The summed E-state index contributed by atoms with van der Waals surface area (Å²) in [6.45, 7) is 0. The van der Waals surface area contributed by atoms with E-state index in [9.17, 15) is 0 Å². The second kappa shape index (κ2) is 52.4. The van der Waals surface area contributed by atoms with Gasteiger partial charge in [-0.1, -0.05) is 0 Å². The molecule has 0 aromatic carbocycles. The van der Waals surface area contributed by atoms with E-state index in [1.807, 2.05) is 0 Å². The Labute approximate surface area is 140 Å². The van der Waals surface area contributed by atoms with Gasteiger partial charge >= 0.3 is 120 Å². The summed E-state index contributed by atoms with van der Waals surface area (Å²) in [7, 11) is 0. The van der Waals surface area contributed by atoms with Crippen molar-refractivity contribution in [1.29, 1.82) is 0 Å². The van der Waals surface area contributed by atoms with Crippen molar-refractivity contribution in [2.45, 2.75) is 0 Å². The van der Waals surface area contributed by atoms with Crippen LogP contribution in [-0.2, 0) is 0 Å². The Bertz CT molecular complexity index is 6.90. The molecule has 0 aromatic heterocycles. The molecule has 0 amide bonds. The molecule has 0 spiro atoms. The van der Waals surface area contributed by atoms with Crippen molar-refractivity contribution in [1.82, 2.24) is 0 Å². The number of hydrogen-bond acceptors (Lipinski definition) is 0. The Morgan fingerprint density at radius 2 is 0.286 bits per heavy atom. The van der Waals surface area contributed by atoms with Crippen molar-refractivity contribution in [3.63, 3.8) is 0 Å². The van der Waals surface area contributed by atoms with Crippen LogP contribution >= 0.6 is 0 Å². The van der Waals surface area contributed by atoms with E-state index in [0.29, 0.717) is 0 Å². The summed E-state index contributed by atoms with van der Waals surface area (Å²) in [5, 5.41) is 0. The van der Waals surface area contributed by atoms with E-state index >= 15 is 0 Å². The Morgan fingerprint density at radius 3 is 0.286 bits per heavy atom. The molecule has 32 valence electrons. The van der Waals surface area contributed by atoms with Gasteiger partial charge in [-0.25, -0.2) is 0 Å². The first-order valence-electron chi connectivity index (χ1n) is 0. The van der Waals surface area contributed by atoms with Gasteiger partial charge in [0.25, 0.3) is 0 Å². The van der Waals surface area contributed by atoms with Crippen LogP contribution in [0.15, 0.2) is 0 Å². The fourth-order valence-electron chi connectivity index (χ4n) is 0. The molecule has 0 atom stereocenters. The minimum absolute atomic E-state index is 0. The maximum Gasteiger partial charge on any atom is 4.00 e. The number of hydrogen-bond donors (Lipinski definition) is 0. The molecule has 0 rings (SSSR count). The molecule has 0 unspecified atom stereocenters. The molecular weight excluding hydrogens is 752 g/mol. The van der Waals surface area contributed by atoms with Gasteiger partial charge in [0.2, 0.25) is 0 Å². The van der Waals surface area contributed by atoms with Crippen LogP contribution in [0.3, 0.4) is 0 Å². The van der Waals surface area contributed by atoms with Crippen molar-refractivity contribution >= 4 is 0 Å². The van der Waals surface area contributed by atoms with Gasteiger partial charge in [-0.3, -0.25) is 0 Å². The molecule has 0 aliphatic rings. The third-order valence-electron chi connectivity index (χ3n) is 0. The zero-order valence-electron chi connectivity index (χ0n) is 3.29. The minimum atomic E-state index is 0. The van der Waals surface area contributed by atoms with E-state index in [0.717, 1.165) is 0 Å². The van der Waals surface area contributed by atoms with Gasteiger partial charge in [-0.05, 0) is 0 Å². The topological polar surface area (TPSA) is 122 Å². The average molecular weight is 752 g/mol. The standard InChI is InChI=1S/4N.3Th/q4*-3;3*+4. The third-order valence-corrected chi connectivity index (χ3v) is 0. The van der Waals surface area contributed by atoms with Gasteiger partial charge in [0.05, 0.1) is 0 Å². The smallest absolute Gasteiger partial charge is 3.00 e. The van der Waals surface area contributed by atoms with Crippen molar-refractivity contribution in [3.8, 4) is 0 Å². The Hall–Kier alpha value is 3.81.